The molecule has 3 heterocycles. The smallest absolute Gasteiger partial charge is 0.410 e. The van der Waals surface area contributed by atoms with Crippen LogP contribution in [0.15, 0.2) is 54.6 Å². The summed E-state index contributed by atoms with van der Waals surface area (Å²) in [7, 11) is -2.17. The zero-order chi connectivity index (χ0) is 31.6. The summed E-state index contributed by atoms with van der Waals surface area (Å²) in [5.74, 6) is -0.403. The van der Waals surface area contributed by atoms with Gasteiger partial charge >= 0.3 is 6.09 Å². The van der Waals surface area contributed by atoms with Crippen LogP contribution in [0.1, 0.15) is 61.8 Å². The number of ether oxygens (including phenoxy) is 1. The van der Waals surface area contributed by atoms with E-state index in [0.717, 1.165) is 34.6 Å². The van der Waals surface area contributed by atoms with Crippen LogP contribution < -0.4 is 15.8 Å². The van der Waals surface area contributed by atoms with Crippen molar-refractivity contribution < 1.29 is 22.7 Å². The Labute approximate surface area is 257 Å². The molecule has 1 aliphatic rings. The molecule has 234 valence electrons. The number of nitrogens with one attached hydrogen (secondary N) is 2. The molecule has 2 aromatic carbocycles. The maximum atomic E-state index is 13.3. The number of likely N-dealkylation sites (tertiary alicyclic amines) is 1. The van der Waals surface area contributed by atoms with E-state index in [1.807, 2.05) is 61.7 Å². The number of aromatic nitrogens is 2. The fourth-order valence-corrected chi connectivity index (χ4v) is 6.89. The first kappa shape index (κ1) is 31.3. The van der Waals surface area contributed by atoms with Crippen LogP contribution in [-0.4, -0.2) is 65.9 Å². The van der Waals surface area contributed by atoms with Crippen LogP contribution in [0.5, 0.6) is 0 Å². The number of pyridine rings is 1. The second-order valence-electron chi connectivity index (χ2n) is 12.2. The first-order valence-electron chi connectivity index (χ1n) is 14.8. The molecule has 2 amide bonds. The van der Waals surface area contributed by atoms with Crippen LogP contribution in [0.3, 0.4) is 0 Å². The molecule has 0 aliphatic carbocycles. The van der Waals surface area contributed by atoms with Gasteiger partial charge in [-0.05, 0) is 86.7 Å². The minimum absolute atomic E-state index is 0.145. The number of carbonyl (C=O) groups excluding carboxylic acids is 2. The normalized spacial score (nSPS) is 15.6. The van der Waals surface area contributed by atoms with Gasteiger partial charge < -0.3 is 25.3 Å². The molecule has 1 aliphatic heterocycles. The minimum atomic E-state index is -3.75. The van der Waals surface area contributed by atoms with Gasteiger partial charge in [0.2, 0.25) is 10.0 Å². The van der Waals surface area contributed by atoms with Crippen molar-refractivity contribution in [2.75, 3.05) is 24.1 Å². The van der Waals surface area contributed by atoms with Gasteiger partial charge in [-0.3, -0.25) is 9.52 Å². The Morgan fingerprint density at radius 1 is 1.09 bits per heavy atom. The number of fused-ring (bicyclic) bond motifs is 2. The standard InChI is InChI=1S/C32H40N6O5S/c1-32(2,3)43-31(40)37-14-7-9-26(37)13-15-44(41,42)36-25-16-21-8-5-6-10-27(21)23(17-25)20-38-28(30(39)34-4)18-22-11-12-24(19-33)35-29(22)38/h5-6,8,10-12,16-18,26,36H,7,9,13-15,19-20,33H2,1-4H3,(H,34,39)/t26-/m0/s1. The number of rotatable bonds is 9. The highest BCUT2D eigenvalue weighted by molar-refractivity contribution is 7.92. The lowest BCUT2D eigenvalue weighted by atomic mass is 10.0. The van der Waals surface area contributed by atoms with Gasteiger partial charge in [-0.2, -0.15) is 0 Å². The third kappa shape index (κ3) is 6.97. The number of hydrogen-bond donors (Lipinski definition) is 3. The van der Waals surface area contributed by atoms with Gasteiger partial charge in [0, 0.05) is 37.3 Å². The number of nitrogens with zero attached hydrogens (tertiary/aromatic N) is 3. The molecule has 2 aromatic heterocycles. The summed E-state index contributed by atoms with van der Waals surface area (Å²) in [5, 5.41) is 5.27. The number of amides is 2. The zero-order valence-corrected chi connectivity index (χ0v) is 26.4. The topological polar surface area (TPSA) is 149 Å². The van der Waals surface area contributed by atoms with Crippen molar-refractivity contribution >= 4 is 49.5 Å². The van der Waals surface area contributed by atoms with Crippen molar-refractivity contribution in [1.29, 1.82) is 0 Å². The summed E-state index contributed by atoms with van der Waals surface area (Å²) in [6.07, 6.45) is 1.42. The second-order valence-corrected chi connectivity index (χ2v) is 14.0. The highest BCUT2D eigenvalue weighted by Crippen LogP contribution is 2.29. The van der Waals surface area contributed by atoms with E-state index in [0.29, 0.717) is 35.7 Å². The van der Waals surface area contributed by atoms with E-state index < -0.39 is 21.7 Å². The van der Waals surface area contributed by atoms with E-state index in [9.17, 15) is 18.0 Å². The highest BCUT2D eigenvalue weighted by Gasteiger charge is 2.33. The fraction of sp³-hybridized carbons (Fsp3) is 0.406. The monoisotopic (exact) mass is 620 g/mol. The molecule has 11 nitrogen and oxygen atoms in total. The number of hydrogen-bond acceptors (Lipinski definition) is 7. The Bertz CT molecular complexity index is 1810. The van der Waals surface area contributed by atoms with Gasteiger partial charge in [0.1, 0.15) is 16.9 Å². The van der Waals surface area contributed by atoms with Crippen molar-refractivity contribution in [3.8, 4) is 0 Å². The quantitative estimate of drug-likeness (QED) is 0.248. The molecule has 4 N–H and O–H groups in total. The van der Waals surface area contributed by atoms with Crippen molar-refractivity contribution in [1.82, 2.24) is 19.8 Å². The van der Waals surface area contributed by atoms with Gasteiger partial charge in [-0.15, -0.1) is 0 Å². The Hall–Kier alpha value is -4.16. The van der Waals surface area contributed by atoms with Crippen LogP contribution in [-0.2, 0) is 27.8 Å². The highest BCUT2D eigenvalue weighted by atomic mass is 32.2. The molecular formula is C32H40N6O5S. The molecule has 0 unspecified atom stereocenters. The van der Waals surface area contributed by atoms with E-state index >= 15 is 0 Å². The lowest BCUT2D eigenvalue weighted by molar-refractivity contribution is 0.0224. The van der Waals surface area contributed by atoms with Crippen LogP contribution in [0.2, 0.25) is 0 Å². The number of nitrogens with two attached hydrogens (primary N) is 1. The van der Waals surface area contributed by atoms with Crippen LogP contribution in [0.25, 0.3) is 21.8 Å². The first-order valence-corrected chi connectivity index (χ1v) is 16.5. The maximum Gasteiger partial charge on any atom is 0.410 e. The third-order valence-corrected chi connectivity index (χ3v) is 9.06. The molecule has 4 aromatic rings. The van der Waals surface area contributed by atoms with Crippen molar-refractivity contribution in [2.45, 2.75) is 64.8 Å². The predicted octanol–water partition coefficient (Wildman–Crippen LogP) is 4.59. The van der Waals surface area contributed by atoms with Gasteiger partial charge in [-0.1, -0.05) is 24.3 Å². The van der Waals surface area contributed by atoms with Crippen LogP contribution >= 0.6 is 0 Å². The summed E-state index contributed by atoms with van der Waals surface area (Å²) in [5.41, 5.74) is 8.22. The fourth-order valence-electron chi connectivity index (χ4n) is 5.73. The summed E-state index contributed by atoms with van der Waals surface area (Å²) in [6, 6.07) is 16.6. The van der Waals surface area contributed by atoms with Gasteiger partial charge in [0.05, 0.1) is 18.0 Å². The number of benzene rings is 2. The largest absolute Gasteiger partial charge is 0.444 e. The molecule has 1 atom stereocenters. The lowest BCUT2D eigenvalue weighted by Gasteiger charge is -2.28. The Morgan fingerprint density at radius 3 is 2.59 bits per heavy atom. The zero-order valence-electron chi connectivity index (χ0n) is 25.6. The van der Waals surface area contributed by atoms with E-state index in [1.165, 1.54) is 0 Å². The number of sulfonamides is 1. The summed E-state index contributed by atoms with van der Waals surface area (Å²) < 4.78 is 36.8. The SMILES string of the molecule is CNC(=O)c1cc2ccc(CN)nc2n1Cc1cc(NS(=O)(=O)CC[C@@H]2CCCN2C(=O)OC(C)(C)C)cc2ccccc12. The molecule has 0 radical (unpaired) electrons. The van der Waals surface area contributed by atoms with Gasteiger partial charge in [0.25, 0.3) is 5.91 Å². The summed E-state index contributed by atoms with van der Waals surface area (Å²) in [6.45, 7) is 6.52. The van der Waals surface area contributed by atoms with E-state index in [1.54, 1.807) is 30.1 Å². The molecule has 12 heteroatoms. The summed E-state index contributed by atoms with van der Waals surface area (Å²) in [4.78, 5) is 31.9. The maximum absolute atomic E-state index is 13.3. The Kier molecular flexibility index (Phi) is 8.85. The van der Waals surface area contributed by atoms with Gasteiger partial charge in [-0.25, -0.2) is 18.2 Å². The van der Waals surface area contributed by atoms with Gasteiger partial charge in [0.15, 0.2) is 0 Å². The predicted molar refractivity (Wildman–Crippen MR) is 172 cm³/mol. The molecule has 0 spiro atoms. The van der Waals surface area contributed by atoms with E-state index in [-0.39, 0.29) is 30.8 Å². The molecule has 0 saturated carbocycles. The molecule has 1 fully saturated rings. The minimum Gasteiger partial charge on any atom is -0.444 e. The molecule has 5 rings (SSSR count). The van der Waals surface area contributed by atoms with Crippen molar-refractivity contribution in [2.24, 2.45) is 5.73 Å². The Balaban J connectivity index is 1.42. The number of carbonyl (C=O) groups is 2. The van der Waals surface area contributed by atoms with Crippen molar-refractivity contribution in [3.63, 3.8) is 0 Å². The molecule has 44 heavy (non-hydrogen) atoms. The first-order chi connectivity index (χ1) is 20.9. The van der Waals surface area contributed by atoms with Crippen LogP contribution in [0.4, 0.5) is 10.5 Å². The average molecular weight is 621 g/mol. The van der Waals surface area contributed by atoms with Crippen LogP contribution in [0, 0.1) is 0 Å². The lowest BCUT2D eigenvalue weighted by Crippen LogP contribution is -2.40. The Morgan fingerprint density at radius 2 is 1.86 bits per heavy atom. The molecular weight excluding hydrogens is 580 g/mol. The van der Waals surface area contributed by atoms with E-state index in [4.69, 9.17) is 15.5 Å². The average Bonchev–Trinajstić information content (AvgIpc) is 3.59. The number of anilines is 1. The molecule has 0 bridgehead atoms. The second kappa shape index (κ2) is 12.4. The van der Waals surface area contributed by atoms with E-state index in [2.05, 4.69) is 10.0 Å². The molecule has 1 saturated heterocycles. The third-order valence-electron chi connectivity index (χ3n) is 7.74. The summed E-state index contributed by atoms with van der Waals surface area (Å²) >= 11 is 0. The van der Waals surface area contributed by atoms with Crippen molar-refractivity contribution in [3.05, 3.63) is 71.5 Å².